The van der Waals surface area contributed by atoms with Crippen LogP contribution in [0.1, 0.15) is 27.9 Å². The van der Waals surface area contributed by atoms with Crippen molar-refractivity contribution < 1.29 is 19.0 Å². The summed E-state index contributed by atoms with van der Waals surface area (Å²) in [6.07, 6.45) is 3.14. The highest BCUT2D eigenvalue weighted by Crippen LogP contribution is 2.32. The Labute approximate surface area is 115 Å². The van der Waals surface area contributed by atoms with Crippen LogP contribution in [0.4, 0.5) is 4.39 Å². The second kappa shape index (κ2) is 4.96. The van der Waals surface area contributed by atoms with Crippen molar-refractivity contribution in [3.8, 4) is 11.5 Å². The number of fused-ring (bicyclic) bond motifs is 1. The predicted molar refractivity (Wildman–Crippen MR) is 71.9 cm³/mol. The van der Waals surface area contributed by atoms with E-state index < -0.39 is 11.8 Å². The van der Waals surface area contributed by atoms with Crippen LogP contribution in [0.15, 0.2) is 36.4 Å². The number of hydrogen-bond acceptors (Lipinski definition) is 2. The van der Waals surface area contributed by atoms with E-state index in [-0.39, 0.29) is 11.3 Å². The van der Waals surface area contributed by atoms with Gasteiger partial charge in [-0.1, -0.05) is 12.1 Å². The summed E-state index contributed by atoms with van der Waals surface area (Å²) in [4.78, 5) is 11.1. The molecule has 1 aliphatic carbocycles. The van der Waals surface area contributed by atoms with Crippen LogP contribution in [0.2, 0.25) is 0 Å². The molecule has 3 rings (SSSR count). The van der Waals surface area contributed by atoms with E-state index in [0.717, 1.165) is 19.3 Å². The number of halogens is 1. The summed E-state index contributed by atoms with van der Waals surface area (Å²) in [5, 5.41) is 9.08. The van der Waals surface area contributed by atoms with E-state index in [1.165, 1.54) is 29.3 Å². The van der Waals surface area contributed by atoms with E-state index >= 15 is 0 Å². The molecule has 2 aromatic carbocycles. The highest BCUT2D eigenvalue weighted by molar-refractivity contribution is 5.91. The van der Waals surface area contributed by atoms with Crippen LogP contribution < -0.4 is 4.74 Å². The highest BCUT2D eigenvalue weighted by Gasteiger charge is 2.18. The van der Waals surface area contributed by atoms with Gasteiger partial charge < -0.3 is 9.84 Å². The van der Waals surface area contributed by atoms with Gasteiger partial charge in [0.15, 0.2) is 11.6 Å². The number of rotatable bonds is 3. The SMILES string of the molecule is O=C(O)c1cccc(F)c1Oc1ccc2c(c1)CCC2. The van der Waals surface area contributed by atoms with E-state index in [4.69, 9.17) is 9.84 Å². The highest BCUT2D eigenvalue weighted by atomic mass is 19.1. The fraction of sp³-hybridized carbons (Fsp3) is 0.188. The lowest BCUT2D eigenvalue weighted by Gasteiger charge is -2.11. The van der Waals surface area contributed by atoms with Gasteiger partial charge in [0.2, 0.25) is 0 Å². The molecule has 2 aromatic rings. The monoisotopic (exact) mass is 272 g/mol. The van der Waals surface area contributed by atoms with Crippen LogP contribution in [0, 0.1) is 5.82 Å². The van der Waals surface area contributed by atoms with Crippen LogP contribution >= 0.6 is 0 Å². The van der Waals surface area contributed by atoms with Crippen molar-refractivity contribution in [2.75, 3.05) is 0 Å². The van der Waals surface area contributed by atoms with Crippen molar-refractivity contribution in [1.82, 2.24) is 0 Å². The second-order valence-electron chi connectivity index (χ2n) is 4.81. The molecule has 0 aromatic heterocycles. The molecule has 3 nitrogen and oxygen atoms in total. The minimum Gasteiger partial charge on any atom is -0.478 e. The Balaban J connectivity index is 1.97. The lowest BCUT2D eigenvalue weighted by Crippen LogP contribution is -2.02. The van der Waals surface area contributed by atoms with Crippen LogP contribution in [0.3, 0.4) is 0 Å². The first-order valence-corrected chi connectivity index (χ1v) is 6.46. The Morgan fingerprint density at radius 1 is 1.15 bits per heavy atom. The summed E-state index contributed by atoms with van der Waals surface area (Å²) in [5.41, 5.74) is 2.30. The van der Waals surface area contributed by atoms with Crippen LogP contribution in [-0.4, -0.2) is 11.1 Å². The average Bonchev–Trinajstić information content (AvgIpc) is 2.88. The summed E-state index contributed by atoms with van der Waals surface area (Å²) < 4.78 is 19.3. The third-order valence-corrected chi connectivity index (χ3v) is 3.49. The Bertz CT molecular complexity index is 679. The van der Waals surface area contributed by atoms with Gasteiger partial charge in [-0.15, -0.1) is 0 Å². The fourth-order valence-corrected chi connectivity index (χ4v) is 2.51. The molecule has 0 unspecified atom stereocenters. The summed E-state index contributed by atoms with van der Waals surface area (Å²) in [7, 11) is 0. The molecule has 0 atom stereocenters. The predicted octanol–water partition coefficient (Wildman–Crippen LogP) is 3.80. The number of aryl methyl sites for hydroxylation is 2. The molecule has 0 saturated heterocycles. The van der Waals surface area contributed by atoms with Gasteiger partial charge in [-0.3, -0.25) is 0 Å². The molecule has 0 fully saturated rings. The molecule has 0 bridgehead atoms. The number of carboxylic acids is 1. The van der Waals surface area contributed by atoms with Crippen molar-refractivity contribution in [1.29, 1.82) is 0 Å². The molecule has 1 aliphatic rings. The standard InChI is InChI=1S/C16H13FO3/c17-14-6-2-5-13(16(18)19)15(14)20-12-8-7-10-3-1-4-11(10)9-12/h2,5-9H,1,3-4H2,(H,18,19). The molecule has 0 radical (unpaired) electrons. The number of carbonyl (C=O) groups is 1. The second-order valence-corrected chi connectivity index (χ2v) is 4.81. The van der Waals surface area contributed by atoms with E-state index in [0.29, 0.717) is 5.75 Å². The van der Waals surface area contributed by atoms with E-state index in [9.17, 15) is 9.18 Å². The summed E-state index contributed by atoms with van der Waals surface area (Å²) in [6, 6.07) is 9.44. The Morgan fingerprint density at radius 2 is 1.95 bits per heavy atom. The van der Waals surface area contributed by atoms with Crippen LogP contribution in [0.5, 0.6) is 11.5 Å². The molecule has 0 spiro atoms. The van der Waals surface area contributed by atoms with E-state index in [2.05, 4.69) is 0 Å². The first-order valence-electron chi connectivity index (χ1n) is 6.46. The largest absolute Gasteiger partial charge is 0.478 e. The molecular formula is C16H13FO3. The first-order chi connectivity index (χ1) is 9.65. The normalized spacial score (nSPS) is 13.1. The van der Waals surface area contributed by atoms with Crippen molar-refractivity contribution in [3.63, 3.8) is 0 Å². The molecular weight excluding hydrogens is 259 g/mol. The lowest BCUT2D eigenvalue weighted by molar-refractivity contribution is 0.0693. The van der Waals surface area contributed by atoms with Gasteiger partial charge in [0, 0.05) is 0 Å². The minimum atomic E-state index is -1.21. The van der Waals surface area contributed by atoms with Crippen molar-refractivity contribution in [2.45, 2.75) is 19.3 Å². The zero-order valence-corrected chi connectivity index (χ0v) is 10.7. The molecule has 20 heavy (non-hydrogen) atoms. The molecule has 0 aliphatic heterocycles. The minimum absolute atomic E-state index is 0.175. The quantitative estimate of drug-likeness (QED) is 0.924. The van der Waals surface area contributed by atoms with E-state index in [1.807, 2.05) is 12.1 Å². The lowest BCUT2D eigenvalue weighted by atomic mass is 10.1. The summed E-state index contributed by atoms with van der Waals surface area (Å²) in [6.45, 7) is 0. The zero-order valence-electron chi connectivity index (χ0n) is 10.7. The first kappa shape index (κ1) is 12.7. The van der Waals surface area contributed by atoms with Gasteiger partial charge in [0.25, 0.3) is 0 Å². The Hall–Kier alpha value is -2.36. The molecule has 4 heteroatoms. The van der Waals surface area contributed by atoms with E-state index in [1.54, 1.807) is 6.07 Å². The number of carboxylic acid groups (broad SMARTS) is 1. The maximum absolute atomic E-state index is 13.8. The van der Waals surface area contributed by atoms with Crippen LogP contribution in [-0.2, 0) is 12.8 Å². The smallest absolute Gasteiger partial charge is 0.339 e. The maximum atomic E-state index is 13.8. The molecule has 0 saturated carbocycles. The van der Waals surface area contributed by atoms with Gasteiger partial charge in [-0.2, -0.15) is 0 Å². The number of hydrogen-bond donors (Lipinski definition) is 1. The van der Waals surface area contributed by atoms with Crippen molar-refractivity contribution in [3.05, 3.63) is 58.9 Å². The van der Waals surface area contributed by atoms with Gasteiger partial charge >= 0.3 is 5.97 Å². The third-order valence-electron chi connectivity index (χ3n) is 3.49. The number of ether oxygens (including phenoxy) is 1. The Kier molecular flexibility index (Phi) is 3.14. The number of benzene rings is 2. The van der Waals surface area contributed by atoms with Gasteiger partial charge in [0.1, 0.15) is 11.3 Å². The molecule has 102 valence electrons. The molecule has 0 heterocycles. The van der Waals surface area contributed by atoms with Crippen LogP contribution in [0.25, 0.3) is 0 Å². The summed E-state index contributed by atoms with van der Waals surface area (Å²) >= 11 is 0. The molecule has 0 amide bonds. The third kappa shape index (κ3) is 2.25. The van der Waals surface area contributed by atoms with Crippen molar-refractivity contribution in [2.24, 2.45) is 0 Å². The fourth-order valence-electron chi connectivity index (χ4n) is 2.51. The van der Waals surface area contributed by atoms with Gasteiger partial charge in [-0.05, 0) is 54.7 Å². The van der Waals surface area contributed by atoms with Gasteiger partial charge in [-0.25, -0.2) is 9.18 Å². The molecule has 1 N–H and O–H groups in total. The average molecular weight is 272 g/mol. The number of para-hydroxylation sites is 1. The van der Waals surface area contributed by atoms with Crippen molar-refractivity contribution >= 4 is 5.97 Å². The topological polar surface area (TPSA) is 46.5 Å². The summed E-state index contributed by atoms with van der Waals surface area (Å²) in [5.74, 6) is -1.65. The number of aromatic carboxylic acids is 1. The Morgan fingerprint density at radius 3 is 2.75 bits per heavy atom. The van der Waals surface area contributed by atoms with Gasteiger partial charge in [0.05, 0.1) is 0 Å². The zero-order chi connectivity index (χ0) is 14.1. The maximum Gasteiger partial charge on any atom is 0.339 e.